The third-order valence-electron chi connectivity index (χ3n) is 3.56. The molecule has 138 valence electrons. The molecule has 0 radical (unpaired) electrons. The predicted octanol–water partition coefficient (Wildman–Crippen LogP) is 2.74. The van der Waals surface area contributed by atoms with Gasteiger partial charge in [0.15, 0.2) is 11.7 Å². The molecule has 1 heterocycles. The van der Waals surface area contributed by atoms with Gasteiger partial charge in [0, 0.05) is 31.3 Å². The summed E-state index contributed by atoms with van der Waals surface area (Å²) in [6.45, 7) is 3.13. The Morgan fingerprint density at radius 1 is 1.16 bits per heavy atom. The number of methoxy groups -OCH3 is 2. The molecule has 2 aromatic rings. The molecule has 7 nitrogen and oxygen atoms in total. The average molecular weight is 460 g/mol. The Morgan fingerprint density at radius 3 is 2.52 bits per heavy atom. The summed E-state index contributed by atoms with van der Waals surface area (Å²) in [6.07, 6.45) is 0.855. The molecule has 0 aliphatic carbocycles. The smallest absolute Gasteiger partial charge is 0.191 e. The molecule has 0 spiro atoms. The van der Waals surface area contributed by atoms with E-state index in [9.17, 15) is 0 Å². The number of aromatic nitrogens is 1. The molecule has 2 N–H and O–H groups in total. The van der Waals surface area contributed by atoms with Gasteiger partial charge in [-0.1, -0.05) is 12.1 Å². The first-order chi connectivity index (χ1) is 11.7. The highest BCUT2D eigenvalue weighted by Crippen LogP contribution is 2.24. The zero-order chi connectivity index (χ0) is 17.4. The molecular formula is C17H25IN4O3. The van der Waals surface area contributed by atoms with Gasteiger partial charge >= 0.3 is 0 Å². The lowest BCUT2D eigenvalue weighted by molar-refractivity contribution is 0.374. The van der Waals surface area contributed by atoms with Crippen molar-refractivity contribution >= 4 is 29.9 Å². The molecule has 25 heavy (non-hydrogen) atoms. The zero-order valence-corrected chi connectivity index (χ0v) is 17.3. The van der Waals surface area contributed by atoms with Crippen LogP contribution in [-0.4, -0.2) is 32.4 Å². The van der Waals surface area contributed by atoms with Crippen LogP contribution in [0.15, 0.2) is 33.8 Å². The number of nitrogens with zero attached hydrogens (tertiary/aromatic N) is 2. The quantitative estimate of drug-likeness (QED) is 0.376. The molecule has 0 fully saturated rings. The van der Waals surface area contributed by atoms with Gasteiger partial charge in [-0.3, -0.25) is 4.99 Å². The first kappa shape index (κ1) is 21.1. The topological polar surface area (TPSA) is 80.9 Å². The fourth-order valence-electron chi connectivity index (χ4n) is 2.17. The molecule has 1 aromatic heterocycles. The maximum absolute atomic E-state index is 5.39. The Labute approximate surface area is 165 Å². The van der Waals surface area contributed by atoms with Crippen molar-refractivity contribution in [1.29, 1.82) is 0 Å². The Kier molecular flexibility index (Phi) is 9.11. The Morgan fingerprint density at radius 2 is 1.92 bits per heavy atom. The number of halogens is 1. The molecule has 0 saturated heterocycles. The van der Waals surface area contributed by atoms with Crippen LogP contribution in [0.1, 0.15) is 23.9 Å². The minimum absolute atomic E-state index is 0. The van der Waals surface area contributed by atoms with Crippen molar-refractivity contribution < 1.29 is 14.0 Å². The van der Waals surface area contributed by atoms with Crippen molar-refractivity contribution in [2.75, 3.05) is 21.3 Å². The SMILES string of the molecule is CCc1cc(CNC(=NC)NCc2ccc(OC)cc2OC)on1.I. The Bertz CT molecular complexity index is 688. The number of rotatable bonds is 7. The molecule has 0 aliphatic heterocycles. The number of aryl methyl sites for hydroxylation is 1. The predicted molar refractivity (Wildman–Crippen MR) is 108 cm³/mol. The summed E-state index contributed by atoms with van der Waals surface area (Å²) in [7, 11) is 4.99. The van der Waals surface area contributed by atoms with Crippen molar-refractivity contribution in [3.8, 4) is 11.5 Å². The van der Waals surface area contributed by atoms with E-state index in [1.807, 2.05) is 31.2 Å². The molecular weight excluding hydrogens is 435 g/mol. The Balaban J connectivity index is 0.00000312. The average Bonchev–Trinajstić information content (AvgIpc) is 3.09. The highest BCUT2D eigenvalue weighted by Gasteiger charge is 2.07. The van der Waals surface area contributed by atoms with Crippen molar-refractivity contribution in [3.05, 3.63) is 41.3 Å². The monoisotopic (exact) mass is 460 g/mol. The van der Waals surface area contributed by atoms with E-state index in [4.69, 9.17) is 14.0 Å². The second-order valence-corrected chi connectivity index (χ2v) is 5.10. The molecule has 0 aliphatic rings. The van der Waals surface area contributed by atoms with E-state index in [1.54, 1.807) is 21.3 Å². The van der Waals surface area contributed by atoms with E-state index in [0.29, 0.717) is 19.0 Å². The maximum atomic E-state index is 5.39. The molecule has 0 bridgehead atoms. The van der Waals surface area contributed by atoms with E-state index in [-0.39, 0.29) is 24.0 Å². The molecule has 0 unspecified atom stereocenters. The lowest BCUT2D eigenvalue weighted by atomic mass is 10.2. The third-order valence-corrected chi connectivity index (χ3v) is 3.56. The van der Waals surface area contributed by atoms with E-state index in [0.717, 1.165) is 34.9 Å². The fourth-order valence-corrected chi connectivity index (χ4v) is 2.17. The molecule has 0 saturated carbocycles. The van der Waals surface area contributed by atoms with Gasteiger partial charge in [-0.15, -0.1) is 24.0 Å². The van der Waals surface area contributed by atoms with Crippen LogP contribution in [-0.2, 0) is 19.5 Å². The zero-order valence-electron chi connectivity index (χ0n) is 15.0. The molecule has 2 rings (SSSR count). The summed E-state index contributed by atoms with van der Waals surface area (Å²) >= 11 is 0. The summed E-state index contributed by atoms with van der Waals surface area (Å²) in [6, 6.07) is 7.65. The van der Waals surface area contributed by atoms with Gasteiger partial charge in [0.25, 0.3) is 0 Å². The number of ether oxygens (including phenoxy) is 2. The first-order valence-corrected chi connectivity index (χ1v) is 7.80. The summed E-state index contributed by atoms with van der Waals surface area (Å²) in [5.74, 6) is 2.97. The van der Waals surface area contributed by atoms with Gasteiger partial charge in [-0.25, -0.2) is 0 Å². The largest absolute Gasteiger partial charge is 0.497 e. The fraction of sp³-hybridized carbons (Fsp3) is 0.412. The summed E-state index contributed by atoms with van der Waals surface area (Å²) in [5.41, 5.74) is 1.95. The van der Waals surface area contributed by atoms with Crippen LogP contribution in [0.5, 0.6) is 11.5 Å². The third kappa shape index (κ3) is 6.11. The van der Waals surface area contributed by atoms with Crippen LogP contribution in [0.25, 0.3) is 0 Å². The van der Waals surface area contributed by atoms with Crippen LogP contribution in [0, 0.1) is 0 Å². The lowest BCUT2D eigenvalue weighted by Gasteiger charge is -2.14. The number of aliphatic imine (C=N–C) groups is 1. The van der Waals surface area contributed by atoms with Gasteiger partial charge in [0.1, 0.15) is 11.5 Å². The van der Waals surface area contributed by atoms with Crippen LogP contribution in [0.2, 0.25) is 0 Å². The number of nitrogens with one attached hydrogen (secondary N) is 2. The molecule has 0 atom stereocenters. The van der Waals surface area contributed by atoms with E-state index >= 15 is 0 Å². The van der Waals surface area contributed by atoms with E-state index in [2.05, 4.69) is 20.8 Å². The minimum atomic E-state index is 0. The molecule has 0 amide bonds. The van der Waals surface area contributed by atoms with Gasteiger partial charge in [0.05, 0.1) is 26.5 Å². The second kappa shape index (κ2) is 10.8. The van der Waals surface area contributed by atoms with E-state index in [1.165, 1.54) is 0 Å². The van der Waals surface area contributed by atoms with Crippen LogP contribution in [0.3, 0.4) is 0 Å². The Hall–Kier alpha value is -1.97. The normalized spacial score (nSPS) is 10.8. The van der Waals surface area contributed by atoms with Crippen LogP contribution in [0.4, 0.5) is 0 Å². The molecule has 8 heteroatoms. The van der Waals surface area contributed by atoms with Crippen LogP contribution >= 0.6 is 24.0 Å². The lowest BCUT2D eigenvalue weighted by Crippen LogP contribution is -2.36. The minimum Gasteiger partial charge on any atom is -0.497 e. The number of guanidine groups is 1. The van der Waals surface area contributed by atoms with Gasteiger partial charge in [-0.05, 0) is 18.6 Å². The van der Waals surface area contributed by atoms with Crippen molar-refractivity contribution in [1.82, 2.24) is 15.8 Å². The highest BCUT2D eigenvalue weighted by molar-refractivity contribution is 14.0. The summed E-state index contributed by atoms with van der Waals surface area (Å²) < 4.78 is 15.8. The number of hydrogen-bond donors (Lipinski definition) is 2. The maximum Gasteiger partial charge on any atom is 0.191 e. The summed E-state index contributed by atoms with van der Waals surface area (Å²) in [5, 5.41) is 10.4. The van der Waals surface area contributed by atoms with Crippen molar-refractivity contribution in [2.24, 2.45) is 4.99 Å². The summed E-state index contributed by atoms with van der Waals surface area (Å²) in [4.78, 5) is 4.20. The van der Waals surface area contributed by atoms with Gasteiger partial charge < -0.3 is 24.6 Å². The standard InChI is InChI=1S/C17H24N4O3.HI/c1-5-13-8-15(24-21-13)11-20-17(18-2)19-10-12-6-7-14(22-3)9-16(12)23-4;/h6-9H,5,10-11H2,1-4H3,(H2,18,19,20);1H. The van der Waals surface area contributed by atoms with Crippen LogP contribution < -0.4 is 20.1 Å². The van der Waals surface area contributed by atoms with Gasteiger partial charge in [0.2, 0.25) is 0 Å². The highest BCUT2D eigenvalue weighted by atomic mass is 127. The van der Waals surface area contributed by atoms with Gasteiger partial charge in [-0.2, -0.15) is 0 Å². The second-order valence-electron chi connectivity index (χ2n) is 5.10. The van der Waals surface area contributed by atoms with Crippen molar-refractivity contribution in [3.63, 3.8) is 0 Å². The first-order valence-electron chi connectivity index (χ1n) is 7.80. The number of benzene rings is 1. The molecule has 1 aromatic carbocycles. The number of hydrogen-bond acceptors (Lipinski definition) is 5. The van der Waals surface area contributed by atoms with Crippen molar-refractivity contribution in [2.45, 2.75) is 26.4 Å². The van der Waals surface area contributed by atoms with E-state index < -0.39 is 0 Å².